The fourth-order valence-corrected chi connectivity index (χ4v) is 1.24. The number of benzene rings is 1. The first-order valence-corrected chi connectivity index (χ1v) is 10.5. The molecule has 0 aliphatic heterocycles. The summed E-state index contributed by atoms with van der Waals surface area (Å²) in [5.74, 6) is 0. The van der Waals surface area contributed by atoms with Crippen LogP contribution in [0.2, 0.25) is 0 Å². The van der Waals surface area contributed by atoms with Gasteiger partial charge < -0.3 is 4.98 Å². The van der Waals surface area contributed by atoms with Gasteiger partial charge in [0.05, 0.1) is 0 Å². The van der Waals surface area contributed by atoms with Gasteiger partial charge in [0, 0.05) is 11.1 Å². The number of nitro benzene ring substituents is 1. The van der Waals surface area contributed by atoms with E-state index in [1.807, 2.05) is 6.07 Å². The first kappa shape index (κ1) is 15.1. The van der Waals surface area contributed by atoms with E-state index in [9.17, 15) is 10.1 Å². The fourth-order valence-electron chi connectivity index (χ4n) is 1.24. The van der Waals surface area contributed by atoms with Gasteiger partial charge in [0.2, 0.25) is 0 Å². The second-order valence-corrected chi connectivity index (χ2v) is 6.44. The summed E-state index contributed by atoms with van der Waals surface area (Å²) in [6.45, 7) is 0. The number of rotatable bonds is 2. The van der Waals surface area contributed by atoms with Crippen LogP contribution in [0.15, 0.2) is 42.6 Å². The molecule has 18 heavy (non-hydrogen) atoms. The monoisotopic (exact) mass is 462 g/mol. The summed E-state index contributed by atoms with van der Waals surface area (Å²) in [6.07, 6.45) is 1.64. The SMILES string of the molecule is O=[N+]([O-])c1cc[c-]c(-c2ccccn2)c1.[Cl][Ir+][Cl]. The second kappa shape index (κ2) is 8.16. The molecule has 0 spiro atoms. The van der Waals surface area contributed by atoms with E-state index in [1.165, 1.54) is 18.2 Å². The maximum atomic E-state index is 10.6. The number of pyridine rings is 1. The van der Waals surface area contributed by atoms with Gasteiger partial charge in [-0.15, -0.1) is 17.7 Å². The standard InChI is InChI=1S/C11H7N2O2.2ClH.Ir/c14-13(15)10-5-3-4-9(8-10)11-6-1-2-7-12-11;;;/h1-3,5-8H;2*1H;/q-1;;;+3/p-2. The molecule has 0 unspecified atom stereocenters. The van der Waals surface area contributed by atoms with Crippen molar-refractivity contribution in [3.63, 3.8) is 0 Å². The Bertz CT molecular complexity index is 511. The van der Waals surface area contributed by atoms with E-state index in [0.29, 0.717) is 11.3 Å². The van der Waals surface area contributed by atoms with E-state index in [-0.39, 0.29) is 5.69 Å². The number of aromatic nitrogens is 1. The van der Waals surface area contributed by atoms with Crippen LogP contribution in [0, 0.1) is 16.2 Å². The third kappa shape index (κ3) is 4.70. The summed E-state index contributed by atoms with van der Waals surface area (Å²) < 4.78 is 0. The molecule has 7 heteroatoms. The number of hydrogen-bond acceptors (Lipinski definition) is 3. The van der Waals surface area contributed by atoms with Gasteiger partial charge in [-0.25, -0.2) is 0 Å². The Morgan fingerprint density at radius 3 is 2.61 bits per heavy atom. The Morgan fingerprint density at radius 2 is 2.06 bits per heavy atom. The van der Waals surface area contributed by atoms with Gasteiger partial charge in [-0.1, -0.05) is 24.3 Å². The minimum absolute atomic E-state index is 0.0504. The van der Waals surface area contributed by atoms with Crippen LogP contribution in [0.1, 0.15) is 0 Å². The number of non-ortho nitro benzene ring substituents is 1. The Kier molecular flexibility index (Phi) is 6.83. The molecule has 0 saturated heterocycles. The van der Waals surface area contributed by atoms with Crippen LogP contribution in [0.25, 0.3) is 11.3 Å². The van der Waals surface area contributed by atoms with Crippen LogP contribution in [0.4, 0.5) is 5.69 Å². The van der Waals surface area contributed by atoms with Crippen LogP contribution in [-0.2, 0) is 15.7 Å². The number of nitrogens with zero attached hydrogens (tertiary/aromatic N) is 2. The molecular formula is C11H7Cl2IrN2O2. The topological polar surface area (TPSA) is 56.0 Å². The van der Waals surface area contributed by atoms with Gasteiger partial charge in [-0.3, -0.25) is 10.1 Å². The van der Waals surface area contributed by atoms with Gasteiger partial charge in [-0.05, 0) is 11.8 Å². The van der Waals surface area contributed by atoms with Gasteiger partial charge in [-0.2, -0.15) is 0 Å². The van der Waals surface area contributed by atoms with E-state index >= 15 is 0 Å². The molecule has 2 aromatic rings. The summed E-state index contributed by atoms with van der Waals surface area (Å²) in [5.41, 5.74) is 1.36. The third-order valence-electron chi connectivity index (χ3n) is 1.94. The first-order valence-electron chi connectivity index (χ1n) is 4.60. The first-order chi connectivity index (χ1) is 8.69. The van der Waals surface area contributed by atoms with E-state index in [1.54, 1.807) is 18.3 Å². The van der Waals surface area contributed by atoms with Crippen molar-refractivity contribution in [2.45, 2.75) is 0 Å². The van der Waals surface area contributed by atoms with Crippen molar-refractivity contribution < 1.29 is 20.6 Å². The summed E-state index contributed by atoms with van der Waals surface area (Å²) in [6, 6.07) is 12.7. The van der Waals surface area contributed by atoms with Gasteiger partial charge in [0.25, 0.3) is 0 Å². The molecule has 2 rings (SSSR count). The summed E-state index contributed by atoms with van der Waals surface area (Å²) in [7, 11) is 9.78. The van der Waals surface area contributed by atoms with Crippen molar-refractivity contribution in [3.8, 4) is 11.3 Å². The van der Waals surface area contributed by atoms with Crippen LogP contribution in [0.3, 0.4) is 0 Å². The Balaban J connectivity index is 0.000000492. The van der Waals surface area contributed by atoms with Crippen molar-refractivity contribution in [3.05, 3.63) is 58.8 Å². The maximum absolute atomic E-state index is 10.6. The zero-order valence-electron chi connectivity index (χ0n) is 8.84. The van der Waals surface area contributed by atoms with E-state index < -0.39 is 20.6 Å². The molecule has 1 aromatic heterocycles. The predicted octanol–water partition coefficient (Wildman–Crippen LogP) is 3.83. The molecule has 0 aliphatic rings. The summed E-state index contributed by atoms with van der Waals surface area (Å²) in [5, 5.41) is 10.6. The zero-order chi connectivity index (χ0) is 13.4. The van der Waals surface area contributed by atoms with E-state index in [2.05, 4.69) is 11.1 Å². The quantitative estimate of drug-likeness (QED) is 0.387. The molecule has 0 atom stereocenters. The molecule has 0 N–H and O–H groups in total. The number of hydrogen-bond donors (Lipinski definition) is 0. The molecule has 0 bridgehead atoms. The molecule has 96 valence electrons. The van der Waals surface area contributed by atoms with Crippen molar-refractivity contribution >= 4 is 24.9 Å². The summed E-state index contributed by atoms with van der Waals surface area (Å²) in [4.78, 5) is 14.2. The van der Waals surface area contributed by atoms with Gasteiger partial charge in [0.1, 0.15) is 0 Å². The van der Waals surface area contributed by atoms with Gasteiger partial charge >= 0.3 is 34.8 Å². The Labute approximate surface area is 120 Å². The fraction of sp³-hybridized carbons (Fsp3) is 0. The van der Waals surface area contributed by atoms with Crippen LogP contribution in [0.5, 0.6) is 0 Å². The molecule has 0 amide bonds. The average Bonchev–Trinajstić information content (AvgIpc) is 2.41. The Morgan fingerprint density at radius 1 is 1.33 bits per heavy atom. The summed E-state index contributed by atoms with van der Waals surface area (Å²) >= 11 is -0.556. The van der Waals surface area contributed by atoms with Crippen LogP contribution < -0.4 is 0 Å². The molecule has 1 heterocycles. The molecule has 4 nitrogen and oxygen atoms in total. The zero-order valence-corrected chi connectivity index (χ0v) is 12.7. The Hall–Kier alpha value is -1.00. The number of halogens is 2. The predicted molar refractivity (Wildman–Crippen MR) is 66.9 cm³/mol. The van der Waals surface area contributed by atoms with Crippen molar-refractivity contribution in [2.24, 2.45) is 0 Å². The van der Waals surface area contributed by atoms with E-state index in [0.717, 1.165) is 0 Å². The van der Waals surface area contributed by atoms with E-state index in [4.69, 9.17) is 19.2 Å². The second-order valence-electron chi connectivity index (χ2n) is 2.98. The van der Waals surface area contributed by atoms with Crippen LogP contribution in [-0.4, -0.2) is 9.91 Å². The van der Waals surface area contributed by atoms with Crippen molar-refractivity contribution in [1.29, 1.82) is 0 Å². The average molecular weight is 462 g/mol. The molecule has 0 aliphatic carbocycles. The molecular weight excluding hydrogens is 455 g/mol. The van der Waals surface area contributed by atoms with Gasteiger partial charge in [0.15, 0.2) is 5.69 Å². The van der Waals surface area contributed by atoms with Crippen LogP contribution >= 0.6 is 19.2 Å². The van der Waals surface area contributed by atoms with Crippen molar-refractivity contribution in [1.82, 2.24) is 4.98 Å². The third-order valence-corrected chi connectivity index (χ3v) is 1.94. The molecule has 1 aromatic carbocycles. The molecule has 0 fully saturated rings. The minimum atomic E-state index is -0.556. The number of nitro groups is 1. The normalized spacial score (nSPS) is 9.44. The van der Waals surface area contributed by atoms with Crippen molar-refractivity contribution in [2.75, 3.05) is 0 Å². The molecule has 0 saturated carbocycles. The molecule has 0 radical (unpaired) electrons.